The fourth-order valence-electron chi connectivity index (χ4n) is 2.62. The molecule has 1 saturated heterocycles. The first-order valence-electron chi connectivity index (χ1n) is 8.40. The Hall–Kier alpha value is -3.49. The van der Waals surface area contributed by atoms with Gasteiger partial charge in [0, 0.05) is 24.8 Å². The van der Waals surface area contributed by atoms with Crippen LogP contribution in [-0.4, -0.2) is 57.5 Å². The van der Waals surface area contributed by atoms with Crippen molar-refractivity contribution in [3.05, 3.63) is 48.0 Å². The van der Waals surface area contributed by atoms with Gasteiger partial charge in [0.05, 0.1) is 12.4 Å². The summed E-state index contributed by atoms with van der Waals surface area (Å²) < 4.78 is 5.51. The number of carbonyl (C=O) groups excluding carboxylic acids is 2. The second-order valence-electron chi connectivity index (χ2n) is 5.95. The lowest BCUT2D eigenvalue weighted by molar-refractivity contribution is -0.132. The van der Waals surface area contributed by atoms with Gasteiger partial charge in [-0.3, -0.25) is 9.59 Å². The number of hydrogen-bond donors (Lipinski definition) is 2. The van der Waals surface area contributed by atoms with Gasteiger partial charge in [0.1, 0.15) is 11.4 Å². The summed E-state index contributed by atoms with van der Waals surface area (Å²) in [5.74, 6) is -1.36. The van der Waals surface area contributed by atoms with Gasteiger partial charge >= 0.3 is 5.97 Å². The molecule has 1 fully saturated rings. The standard InChI is InChI=1S/C18H18N4O5/c23-16(22-6-1-2-7-22)11-27-13-5-3-4-12(8-13)21-17(24)14-9-20-15(10-19-14)18(25)26/h3-5,8-10H,1-2,6-7,11H2,(H,21,24)(H,25,26). The molecule has 0 unspecified atom stereocenters. The van der Waals surface area contributed by atoms with Crippen molar-refractivity contribution in [2.75, 3.05) is 25.0 Å². The van der Waals surface area contributed by atoms with Crippen molar-refractivity contribution in [1.29, 1.82) is 0 Å². The summed E-state index contributed by atoms with van der Waals surface area (Å²) in [4.78, 5) is 44.2. The summed E-state index contributed by atoms with van der Waals surface area (Å²) in [6.07, 6.45) is 4.14. The third kappa shape index (κ3) is 4.78. The Labute approximate surface area is 155 Å². The van der Waals surface area contributed by atoms with E-state index in [1.807, 2.05) is 0 Å². The van der Waals surface area contributed by atoms with E-state index in [0.29, 0.717) is 11.4 Å². The van der Waals surface area contributed by atoms with Crippen LogP contribution in [0.15, 0.2) is 36.7 Å². The molecule has 0 radical (unpaired) electrons. The number of nitrogens with one attached hydrogen (secondary N) is 1. The average Bonchev–Trinajstić information content (AvgIpc) is 3.21. The van der Waals surface area contributed by atoms with E-state index >= 15 is 0 Å². The molecule has 0 bridgehead atoms. The van der Waals surface area contributed by atoms with E-state index in [2.05, 4.69) is 15.3 Å². The molecule has 1 aromatic heterocycles. The monoisotopic (exact) mass is 370 g/mol. The lowest BCUT2D eigenvalue weighted by Crippen LogP contribution is -2.32. The largest absolute Gasteiger partial charge is 0.484 e. The number of ether oxygens (including phenoxy) is 1. The third-order valence-electron chi connectivity index (χ3n) is 4.02. The molecule has 9 nitrogen and oxygen atoms in total. The maximum absolute atomic E-state index is 12.2. The Bertz CT molecular complexity index is 847. The fourth-order valence-corrected chi connectivity index (χ4v) is 2.62. The summed E-state index contributed by atoms with van der Waals surface area (Å²) in [7, 11) is 0. The Balaban J connectivity index is 1.58. The number of carbonyl (C=O) groups is 3. The van der Waals surface area contributed by atoms with Gasteiger partial charge in [0.15, 0.2) is 12.3 Å². The molecular formula is C18H18N4O5. The van der Waals surface area contributed by atoms with Gasteiger partial charge in [-0.25, -0.2) is 14.8 Å². The lowest BCUT2D eigenvalue weighted by Gasteiger charge is -2.15. The minimum Gasteiger partial charge on any atom is -0.484 e. The summed E-state index contributed by atoms with van der Waals surface area (Å²) in [6, 6.07) is 6.62. The van der Waals surface area contributed by atoms with Gasteiger partial charge in [0.2, 0.25) is 0 Å². The van der Waals surface area contributed by atoms with Gasteiger partial charge in [-0.1, -0.05) is 6.07 Å². The Morgan fingerprint density at radius 2 is 1.81 bits per heavy atom. The van der Waals surface area contributed by atoms with Crippen LogP contribution in [0.3, 0.4) is 0 Å². The number of rotatable bonds is 6. The van der Waals surface area contributed by atoms with E-state index in [0.717, 1.165) is 38.3 Å². The molecule has 0 saturated carbocycles. The lowest BCUT2D eigenvalue weighted by atomic mass is 10.3. The van der Waals surface area contributed by atoms with Crippen LogP contribution < -0.4 is 10.1 Å². The van der Waals surface area contributed by atoms with E-state index in [-0.39, 0.29) is 23.9 Å². The van der Waals surface area contributed by atoms with Crippen molar-refractivity contribution < 1.29 is 24.2 Å². The normalized spacial score (nSPS) is 13.3. The highest BCUT2D eigenvalue weighted by Gasteiger charge is 2.18. The number of amides is 2. The summed E-state index contributed by atoms with van der Waals surface area (Å²) >= 11 is 0. The first-order chi connectivity index (χ1) is 13.0. The molecule has 9 heteroatoms. The molecule has 0 atom stereocenters. The molecular weight excluding hydrogens is 352 g/mol. The zero-order valence-corrected chi connectivity index (χ0v) is 14.4. The second-order valence-corrected chi connectivity index (χ2v) is 5.95. The molecule has 1 aliphatic rings. The van der Waals surface area contributed by atoms with Crippen molar-refractivity contribution in [2.45, 2.75) is 12.8 Å². The highest BCUT2D eigenvalue weighted by molar-refractivity contribution is 6.02. The van der Waals surface area contributed by atoms with Crippen LogP contribution in [0.4, 0.5) is 5.69 Å². The van der Waals surface area contributed by atoms with E-state index in [4.69, 9.17) is 9.84 Å². The number of aromatic carboxylic acids is 1. The van der Waals surface area contributed by atoms with Crippen LogP contribution in [0.2, 0.25) is 0 Å². The highest BCUT2D eigenvalue weighted by atomic mass is 16.5. The van der Waals surface area contributed by atoms with Gasteiger partial charge in [-0.05, 0) is 25.0 Å². The zero-order valence-electron chi connectivity index (χ0n) is 14.4. The minimum absolute atomic E-state index is 0.0180. The number of aromatic nitrogens is 2. The number of anilines is 1. The maximum Gasteiger partial charge on any atom is 0.356 e. The molecule has 2 N–H and O–H groups in total. The molecule has 2 amide bonds. The summed E-state index contributed by atoms with van der Waals surface area (Å²) in [5.41, 5.74) is 0.190. The molecule has 140 valence electrons. The number of hydrogen-bond acceptors (Lipinski definition) is 6. The van der Waals surface area contributed by atoms with E-state index < -0.39 is 11.9 Å². The molecule has 1 aliphatic heterocycles. The molecule has 2 aromatic rings. The number of carboxylic acid groups (broad SMARTS) is 1. The molecule has 0 spiro atoms. The SMILES string of the molecule is O=C(O)c1cnc(C(=O)Nc2cccc(OCC(=O)N3CCCC3)c2)cn1. The molecule has 27 heavy (non-hydrogen) atoms. The van der Waals surface area contributed by atoms with Gasteiger partial charge in [-0.2, -0.15) is 0 Å². The predicted molar refractivity (Wildman–Crippen MR) is 94.7 cm³/mol. The topological polar surface area (TPSA) is 122 Å². The summed E-state index contributed by atoms with van der Waals surface area (Å²) in [6.45, 7) is 1.47. The maximum atomic E-state index is 12.2. The molecule has 0 aliphatic carbocycles. The number of carboxylic acids is 1. The van der Waals surface area contributed by atoms with Crippen molar-refractivity contribution in [2.24, 2.45) is 0 Å². The van der Waals surface area contributed by atoms with Crippen LogP contribution in [0.5, 0.6) is 5.75 Å². The summed E-state index contributed by atoms with van der Waals surface area (Å²) in [5, 5.41) is 11.4. The number of nitrogens with zero attached hydrogens (tertiary/aromatic N) is 3. The number of benzene rings is 1. The quantitative estimate of drug-likeness (QED) is 0.789. The predicted octanol–water partition coefficient (Wildman–Crippen LogP) is 1.43. The van der Waals surface area contributed by atoms with Crippen molar-refractivity contribution >= 4 is 23.5 Å². The third-order valence-corrected chi connectivity index (χ3v) is 4.02. The van der Waals surface area contributed by atoms with Gasteiger partial charge in [0.25, 0.3) is 11.8 Å². The molecule has 3 rings (SSSR count). The van der Waals surface area contributed by atoms with Crippen LogP contribution in [-0.2, 0) is 4.79 Å². The highest BCUT2D eigenvalue weighted by Crippen LogP contribution is 2.18. The minimum atomic E-state index is -1.22. The van der Waals surface area contributed by atoms with Gasteiger partial charge < -0.3 is 20.1 Å². The number of likely N-dealkylation sites (tertiary alicyclic amines) is 1. The van der Waals surface area contributed by atoms with E-state index in [1.54, 1.807) is 29.2 Å². The molecule has 1 aromatic carbocycles. The van der Waals surface area contributed by atoms with E-state index in [9.17, 15) is 14.4 Å². The first-order valence-corrected chi connectivity index (χ1v) is 8.40. The first kappa shape index (κ1) is 18.3. The Morgan fingerprint density at radius 1 is 1.11 bits per heavy atom. The van der Waals surface area contributed by atoms with Crippen LogP contribution in [0.25, 0.3) is 0 Å². The van der Waals surface area contributed by atoms with Crippen molar-refractivity contribution in [3.8, 4) is 5.75 Å². The van der Waals surface area contributed by atoms with Crippen LogP contribution in [0.1, 0.15) is 33.8 Å². The van der Waals surface area contributed by atoms with Crippen molar-refractivity contribution in [3.63, 3.8) is 0 Å². The average molecular weight is 370 g/mol. The smallest absolute Gasteiger partial charge is 0.356 e. The Kier molecular flexibility index (Phi) is 5.60. The van der Waals surface area contributed by atoms with Crippen LogP contribution >= 0.6 is 0 Å². The van der Waals surface area contributed by atoms with Crippen LogP contribution in [0, 0.1) is 0 Å². The zero-order chi connectivity index (χ0) is 19.2. The van der Waals surface area contributed by atoms with Gasteiger partial charge in [-0.15, -0.1) is 0 Å². The molecule has 2 heterocycles. The second kappa shape index (κ2) is 8.26. The van der Waals surface area contributed by atoms with E-state index in [1.165, 1.54) is 0 Å². The van der Waals surface area contributed by atoms with Crippen molar-refractivity contribution in [1.82, 2.24) is 14.9 Å². The Morgan fingerprint density at radius 3 is 2.48 bits per heavy atom. The fraction of sp³-hybridized carbons (Fsp3) is 0.278.